The van der Waals surface area contributed by atoms with E-state index in [4.69, 9.17) is 21.1 Å². The van der Waals surface area contributed by atoms with E-state index in [0.717, 1.165) is 33.9 Å². The number of carbonyl (C=O) groups is 1. The Morgan fingerprint density at radius 3 is 2.76 bits per heavy atom. The number of halogens is 1. The maximum atomic E-state index is 12.0. The van der Waals surface area contributed by atoms with Crippen LogP contribution in [0.2, 0.25) is 5.02 Å². The topological polar surface area (TPSA) is 59.6 Å². The Balaban J connectivity index is 1.46. The third-order valence-electron chi connectivity index (χ3n) is 4.01. The standard InChI is InChI=1S/C19H21ClN2O3/c1-12-7-13(2)19(15(20)8-12)21-6-5-18(23)22-10-14-3-4-16-17(9-14)25-11-24-16/h3-4,7-9,21H,5-6,10-11H2,1-2H3,(H,22,23). The highest BCUT2D eigenvalue weighted by Crippen LogP contribution is 2.32. The molecule has 0 aromatic heterocycles. The van der Waals surface area contributed by atoms with Crippen LogP contribution in [0.3, 0.4) is 0 Å². The highest BCUT2D eigenvalue weighted by atomic mass is 35.5. The number of anilines is 1. The number of hydrogen-bond acceptors (Lipinski definition) is 4. The van der Waals surface area contributed by atoms with E-state index >= 15 is 0 Å². The minimum absolute atomic E-state index is 0.0222. The molecule has 6 heteroatoms. The lowest BCUT2D eigenvalue weighted by atomic mass is 10.1. The van der Waals surface area contributed by atoms with Crippen molar-refractivity contribution in [1.29, 1.82) is 0 Å². The fraction of sp³-hybridized carbons (Fsp3) is 0.316. The second-order valence-electron chi connectivity index (χ2n) is 6.08. The molecule has 1 heterocycles. The molecule has 132 valence electrons. The molecule has 0 radical (unpaired) electrons. The maximum absolute atomic E-state index is 12.0. The van der Waals surface area contributed by atoms with Crippen molar-refractivity contribution in [2.75, 3.05) is 18.7 Å². The predicted octanol–water partition coefficient (Wildman–Crippen LogP) is 3.80. The summed E-state index contributed by atoms with van der Waals surface area (Å²) in [7, 11) is 0. The van der Waals surface area contributed by atoms with E-state index in [2.05, 4.69) is 16.7 Å². The quantitative estimate of drug-likeness (QED) is 0.822. The normalized spacial score (nSPS) is 12.1. The van der Waals surface area contributed by atoms with Gasteiger partial charge in [-0.25, -0.2) is 0 Å². The molecule has 3 rings (SSSR count). The van der Waals surface area contributed by atoms with Crippen LogP contribution in [-0.2, 0) is 11.3 Å². The van der Waals surface area contributed by atoms with Crippen molar-refractivity contribution < 1.29 is 14.3 Å². The number of aryl methyl sites for hydroxylation is 2. The number of benzene rings is 2. The van der Waals surface area contributed by atoms with Crippen molar-refractivity contribution in [2.45, 2.75) is 26.8 Å². The first-order chi connectivity index (χ1) is 12.0. The third kappa shape index (κ3) is 4.37. The highest BCUT2D eigenvalue weighted by molar-refractivity contribution is 6.33. The number of nitrogens with one attached hydrogen (secondary N) is 2. The molecule has 1 aliphatic heterocycles. The number of ether oxygens (including phenoxy) is 2. The molecule has 0 aliphatic carbocycles. The summed E-state index contributed by atoms with van der Waals surface area (Å²) in [5, 5.41) is 6.83. The molecule has 1 amide bonds. The molecular formula is C19H21ClN2O3. The summed E-state index contributed by atoms with van der Waals surface area (Å²) in [4.78, 5) is 12.0. The molecule has 0 spiro atoms. The average molecular weight is 361 g/mol. The number of hydrogen-bond donors (Lipinski definition) is 2. The van der Waals surface area contributed by atoms with Gasteiger partial charge in [-0.15, -0.1) is 0 Å². The van der Waals surface area contributed by atoms with E-state index in [1.165, 1.54) is 0 Å². The number of rotatable bonds is 6. The van der Waals surface area contributed by atoms with Gasteiger partial charge >= 0.3 is 0 Å². The second kappa shape index (κ2) is 7.66. The summed E-state index contributed by atoms with van der Waals surface area (Å²) in [5.74, 6) is 1.44. The van der Waals surface area contributed by atoms with Crippen LogP contribution in [0.5, 0.6) is 11.5 Å². The summed E-state index contributed by atoms with van der Waals surface area (Å²) in [6, 6.07) is 9.63. The van der Waals surface area contributed by atoms with Crippen molar-refractivity contribution in [3.8, 4) is 11.5 Å². The van der Waals surface area contributed by atoms with Gasteiger partial charge in [0.1, 0.15) is 0 Å². The van der Waals surface area contributed by atoms with Crippen molar-refractivity contribution >= 4 is 23.2 Å². The number of amides is 1. The minimum Gasteiger partial charge on any atom is -0.454 e. The van der Waals surface area contributed by atoms with Crippen LogP contribution in [0.4, 0.5) is 5.69 Å². The first-order valence-corrected chi connectivity index (χ1v) is 8.56. The molecule has 2 N–H and O–H groups in total. The predicted molar refractivity (Wildman–Crippen MR) is 98.4 cm³/mol. The van der Waals surface area contributed by atoms with Crippen LogP contribution < -0.4 is 20.1 Å². The van der Waals surface area contributed by atoms with Gasteiger partial charge in [0.15, 0.2) is 11.5 Å². The molecule has 1 aliphatic rings. The molecule has 0 saturated carbocycles. The van der Waals surface area contributed by atoms with E-state index in [1.807, 2.05) is 38.1 Å². The Morgan fingerprint density at radius 2 is 1.96 bits per heavy atom. The molecule has 25 heavy (non-hydrogen) atoms. The molecule has 0 saturated heterocycles. The zero-order valence-electron chi connectivity index (χ0n) is 14.3. The smallest absolute Gasteiger partial charge is 0.231 e. The van der Waals surface area contributed by atoms with Gasteiger partial charge < -0.3 is 20.1 Å². The van der Waals surface area contributed by atoms with Gasteiger partial charge in [0.2, 0.25) is 12.7 Å². The lowest BCUT2D eigenvalue weighted by molar-refractivity contribution is -0.121. The van der Waals surface area contributed by atoms with Crippen molar-refractivity contribution in [3.05, 3.63) is 52.0 Å². The number of fused-ring (bicyclic) bond motifs is 1. The van der Waals surface area contributed by atoms with Crippen LogP contribution >= 0.6 is 11.6 Å². The third-order valence-corrected chi connectivity index (χ3v) is 4.31. The summed E-state index contributed by atoms with van der Waals surface area (Å²) in [6.07, 6.45) is 0.369. The zero-order chi connectivity index (χ0) is 17.8. The molecule has 0 atom stereocenters. The molecule has 2 aromatic carbocycles. The van der Waals surface area contributed by atoms with Gasteiger partial charge in [-0.1, -0.05) is 23.7 Å². The molecule has 2 aromatic rings. The lowest BCUT2D eigenvalue weighted by Gasteiger charge is -2.12. The maximum Gasteiger partial charge on any atom is 0.231 e. The molecule has 0 unspecified atom stereocenters. The Hall–Kier alpha value is -2.40. The highest BCUT2D eigenvalue weighted by Gasteiger charge is 2.13. The van der Waals surface area contributed by atoms with Crippen LogP contribution in [-0.4, -0.2) is 19.2 Å². The zero-order valence-corrected chi connectivity index (χ0v) is 15.1. The molecule has 0 bridgehead atoms. The largest absolute Gasteiger partial charge is 0.454 e. The van der Waals surface area contributed by atoms with E-state index in [1.54, 1.807) is 0 Å². The Morgan fingerprint density at radius 1 is 1.16 bits per heavy atom. The Bertz CT molecular complexity index is 769. The fourth-order valence-electron chi connectivity index (χ4n) is 2.78. The Kier molecular flexibility index (Phi) is 5.34. The van der Waals surface area contributed by atoms with E-state index in [9.17, 15) is 4.79 Å². The SMILES string of the molecule is Cc1cc(C)c(NCCC(=O)NCc2ccc3c(c2)OCO3)c(Cl)c1. The minimum atomic E-state index is -0.0222. The van der Waals surface area contributed by atoms with Crippen molar-refractivity contribution in [1.82, 2.24) is 5.32 Å². The summed E-state index contributed by atoms with van der Waals surface area (Å²) in [6.45, 7) is 5.24. The molecule has 0 fully saturated rings. The second-order valence-corrected chi connectivity index (χ2v) is 6.49. The molecule has 5 nitrogen and oxygen atoms in total. The summed E-state index contributed by atoms with van der Waals surface area (Å²) in [5.41, 5.74) is 4.05. The fourth-order valence-corrected chi connectivity index (χ4v) is 3.17. The van der Waals surface area contributed by atoms with Gasteiger partial charge in [0, 0.05) is 19.5 Å². The molecular weight excluding hydrogens is 340 g/mol. The summed E-state index contributed by atoms with van der Waals surface area (Å²) >= 11 is 6.25. The van der Waals surface area contributed by atoms with Crippen LogP contribution in [0, 0.1) is 13.8 Å². The van der Waals surface area contributed by atoms with Gasteiger partial charge in [0.05, 0.1) is 10.7 Å². The van der Waals surface area contributed by atoms with Gasteiger partial charge in [-0.3, -0.25) is 4.79 Å². The van der Waals surface area contributed by atoms with Crippen molar-refractivity contribution in [3.63, 3.8) is 0 Å². The van der Waals surface area contributed by atoms with Crippen LogP contribution in [0.1, 0.15) is 23.1 Å². The first kappa shape index (κ1) is 17.4. The van der Waals surface area contributed by atoms with Crippen LogP contribution in [0.25, 0.3) is 0 Å². The van der Waals surface area contributed by atoms with Gasteiger partial charge in [0.25, 0.3) is 0 Å². The van der Waals surface area contributed by atoms with E-state index in [0.29, 0.717) is 24.5 Å². The first-order valence-electron chi connectivity index (χ1n) is 8.19. The van der Waals surface area contributed by atoms with E-state index in [-0.39, 0.29) is 12.7 Å². The number of carbonyl (C=O) groups excluding carboxylic acids is 1. The lowest BCUT2D eigenvalue weighted by Crippen LogP contribution is -2.25. The average Bonchev–Trinajstić information content (AvgIpc) is 3.03. The van der Waals surface area contributed by atoms with Crippen molar-refractivity contribution in [2.24, 2.45) is 0 Å². The Labute approximate surface area is 152 Å². The van der Waals surface area contributed by atoms with Crippen LogP contribution in [0.15, 0.2) is 30.3 Å². The van der Waals surface area contributed by atoms with Gasteiger partial charge in [-0.2, -0.15) is 0 Å². The van der Waals surface area contributed by atoms with E-state index < -0.39 is 0 Å². The summed E-state index contributed by atoms with van der Waals surface area (Å²) < 4.78 is 10.6. The monoisotopic (exact) mass is 360 g/mol. The van der Waals surface area contributed by atoms with Gasteiger partial charge in [-0.05, 0) is 48.7 Å².